The van der Waals surface area contributed by atoms with Crippen LogP contribution in [0.4, 0.5) is 5.69 Å². The number of nitrogens with one attached hydrogen (secondary N) is 1. The molecule has 0 radical (unpaired) electrons. The number of hydrogen-bond donors (Lipinski definition) is 1. The highest BCUT2D eigenvalue weighted by Crippen LogP contribution is 2.25. The molecule has 0 atom stereocenters. The second kappa shape index (κ2) is 8.08. The largest absolute Gasteiger partial charge is 0.497 e. The third-order valence-electron chi connectivity index (χ3n) is 4.44. The Balaban J connectivity index is 1.60. The summed E-state index contributed by atoms with van der Waals surface area (Å²) in [6.07, 6.45) is 2.90. The molecule has 4 rings (SSSR count). The third kappa shape index (κ3) is 3.86. The number of aromatic nitrogens is 4. The van der Waals surface area contributed by atoms with Gasteiger partial charge in [-0.2, -0.15) is 0 Å². The van der Waals surface area contributed by atoms with Crippen molar-refractivity contribution >= 4 is 17.2 Å². The van der Waals surface area contributed by atoms with Crippen LogP contribution in [0.25, 0.3) is 5.65 Å². The van der Waals surface area contributed by atoms with Gasteiger partial charge >= 0.3 is 5.69 Å². The molecule has 0 saturated carbocycles. The molecule has 1 N–H and O–H groups in total. The van der Waals surface area contributed by atoms with Crippen molar-refractivity contribution in [2.75, 3.05) is 12.4 Å². The van der Waals surface area contributed by atoms with Crippen molar-refractivity contribution in [3.05, 3.63) is 77.0 Å². The fourth-order valence-electron chi connectivity index (χ4n) is 2.92. The topological polar surface area (TPSA) is 99.8 Å². The normalized spacial score (nSPS) is 10.7. The Labute approximate surface area is 171 Å². The van der Waals surface area contributed by atoms with Crippen molar-refractivity contribution in [3.8, 4) is 17.4 Å². The first-order valence-corrected chi connectivity index (χ1v) is 9.17. The van der Waals surface area contributed by atoms with Gasteiger partial charge in [0.25, 0.3) is 5.88 Å². The summed E-state index contributed by atoms with van der Waals surface area (Å²) in [5, 5.41) is 7.03. The Morgan fingerprint density at radius 3 is 2.73 bits per heavy atom. The van der Waals surface area contributed by atoms with E-state index in [1.165, 1.54) is 16.8 Å². The summed E-state index contributed by atoms with van der Waals surface area (Å²) in [5.74, 6) is 0.878. The first-order valence-electron chi connectivity index (χ1n) is 9.17. The number of para-hydroxylation sites is 1. The summed E-state index contributed by atoms with van der Waals surface area (Å²) in [5.41, 5.74) is 1.34. The summed E-state index contributed by atoms with van der Waals surface area (Å²) in [6.45, 7) is 1.65. The van der Waals surface area contributed by atoms with Gasteiger partial charge in [-0.15, -0.1) is 5.10 Å². The van der Waals surface area contributed by atoms with Gasteiger partial charge in [0, 0.05) is 24.1 Å². The highest BCUT2D eigenvalue weighted by molar-refractivity contribution is 5.91. The first-order chi connectivity index (χ1) is 14.5. The Hall–Kier alpha value is -4.14. The standard InChI is InChI=1S/C21H19N5O4/c1-14-6-3-4-9-17(14)23-18(27)13-26-21(28)25-11-10-22-20(19(25)24-26)30-16-8-5-7-15(12-16)29-2/h3-12H,13H2,1-2H3,(H,23,27). The third-order valence-corrected chi connectivity index (χ3v) is 4.44. The summed E-state index contributed by atoms with van der Waals surface area (Å²) >= 11 is 0. The Morgan fingerprint density at radius 1 is 1.13 bits per heavy atom. The molecule has 9 heteroatoms. The second-order valence-electron chi connectivity index (χ2n) is 6.51. The lowest BCUT2D eigenvalue weighted by atomic mass is 10.2. The van der Waals surface area contributed by atoms with Crippen LogP contribution in [0.5, 0.6) is 17.4 Å². The minimum absolute atomic E-state index is 0.140. The number of hydrogen-bond acceptors (Lipinski definition) is 6. The van der Waals surface area contributed by atoms with E-state index in [4.69, 9.17) is 9.47 Å². The van der Waals surface area contributed by atoms with Gasteiger partial charge in [-0.3, -0.25) is 4.79 Å². The maximum atomic E-state index is 12.7. The van der Waals surface area contributed by atoms with Crippen molar-refractivity contribution in [1.82, 2.24) is 19.2 Å². The van der Waals surface area contributed by atoms with Crippen LogP contribution in [0.15, 0.2) is 65.7 Å². The monoisotopic (exact) mass is 405 g/mol. The van der Waals surface area contributed by atoms with Crippen LogP contribution >= 0.6 is 0 Å². The number of ether oxygens (including phenoxy) is 2. The summed E-state index contributed by atoms with van der Waals surface area (Å²) < 4.78 is 13.3. The summed E-state index contributed by atoms with van der Waals surface area (Å²) in [4.78, 5) is 29.3. The van der Waals surface area contributed by atoms with Gasteiger partial charge in [-0.05, 0) is 30.7 Å². The first kappa shape index (κ1) is 19.2. The van der Waals surface area contributed by atoms with E-state index in [2.05, 4.69) is 15.4 Å². The number of benzene rings is 2. The predicted molar refractivity (Wildman–Crippen MR) is 110 cm³/mol. The molecule has 0 unspecified atom stereocenters. The van der Waals surface area contributed by atoms with Gasteiger partial charge in [0.2, 0.25) is 11.6 Å². The zero-order chi connectivity index (χ0) is 21.1. The van der Waals surface area contributed by atoms with Gasteiger partial charge in [0.1, 0.15) is 18.0 Å². The zero-order valence-corrected chi connectivity index (χ0v) is 16.4. The van der Waals surface area contributed by atoms with Crippen molar-refractivity contribution < 1.29 is 14.3 Å². The number of amides is 1. The van der Waals surface area contributed by atoms with Crippen LogP contribution in [-0.2, 0) is 11.3 Å². The number of methoxy groups -OCH3 is 1. The molecule has 0 aliphatic rings. The Bertz CT molecular complexity index is 1280. The van der Waals surface area contributed by atoms with Gasteiger partial charge in [-0.25, -0.2) is 18.9 Å². The number of aryl methyl sites for hydroxylation is 1. The molecule has 4 aromatic rings. The fourth-order valence-corrected chi connectivity index (χ4v) is 2.92. The van der Waals surface area contributed by atoms with Crippen molar-refractivity contribution in [2.24, 2.45) is 0 Å². The number of fused-ring (bicyclic) bond motifs is 1. The molecule has 152 valence electrons. The van der Waals surface area contributed by atoms with E-state index in [0.717, 1.165) is 10.2 Å². The molecule has 0 aliphatic heterocycles. The summed E-state index contributed by atoms with van der Waals surface area (Å²) in [7, 11) is 1.56. The predicted octanol–water partition coefficient (Wildman–Crippen LogP) is 2.64. The smallest absolute Gasteiger partial charge is 0.351 e. The quantitative estimate of drug-likeness (QED) is 0.529. The van der Waals surface area contributed by atoms with Crippen LogP contribution < -0.4 is 20.5 Å². The molecule has 0 bridgehead atoms. The average molecular weight is 405 g/mol. The van der Waals surface area contributed by atoms with E-state index < -0.39 is 5.69 Å². The lowest BCUT2D eigenvalue weighted by Crippen LogP contribution is -2.28. The van der Waals surface area contributed by atoms with E-state index in [0.29, 0.717) is 17.2 Å². The van der Waals surface area contributed by atoms with Crippen molar-refractivity contribution in [2.45, 2.75) is 13.5 Å². The van der Waals surface area contributed by atoms with Gasteiger partial charge in [-0.1, -0.05) is 24.3 Å². The van der Waals surface area contributed by atoms with Crippen LogP contribution in [0, 0.1) is 6.92 Å². The van der Waals surface area contributed by atoms with Gasteiger partial charge < -0.3 is 14.8 Å². The van der Waals surface area contributed by atoms with Gasteiger partial charge in [0.05, 0.1) is 7.11 Å². The highest BCUT2D eigenvalue weighted by Gasteiger charge is 2.16. The minimum atomic E-state index is -0.470. The minimum Gasteiger partial charge on any atom is -0.497 e. The van der Waals surface area contributed by atoms with E-state index in [1.54, 1.807) is 37.4 Å². The van der Waals surface area contributed by atoms with E-state index in [-0.39, 0.29) is 24.0 Å². The number of anilines is 1. The lowest BCUT2D eigenvalue weighted by molar-refractivity contribution is -0.117. The molecule has 0 saturated heterocycles. The average Bonchev–Trinajstić information content (AvgIpc) is 3.06. The molecular formula is C21H19N5O4. The SMILES string of the molecule is COc1cccc(Oc2nccn3c(=O)n(CC(=O)Nc4ccccc4C)nc23)c1. The van der Waals surface area contributed by atoms with E-state index in [1.807, 2.05) is 25.1 Å². The maximum Gasteiger partial charge on any atom is 0.351 e. The molecule has 9 nitrogen and oxygen atoms in total. The van der Waals surface area contributed by atoms with Gasteiger partial charge in [0.15, 0.2) is 0 Å². The Kier molecular flexibility index (Phi) is 5.17. The highest BCUT2D eigenvalue weighted by atomic mass is 16.5. The van der Waals surface area contributed by atoms with E-state index >= 15 is 0 Å². The van der Waals surface area contributed by atoms with E-state index in [9.17, 15) is 9.59 Å². The fraction of sp³-hybridized carbons (Fsp3) is 0.143. The zero-order valence-electron chi connectivity index (χ0n) is 16.4. The van der Waals surface area contributed by atoms with Crippen LogP contribution in [0.3, 0.4) is 0 Å². The molecule has 1 amide bonds. The lowest BCUT2D eigenvalue weighted by Gasteiger charge is -2.07. The van der Waals surface area contributed by atoms with Crippen LogP contribution in [-0.4, -0.2) is 32.2 Å². The number of nitrogens with zero attached hydrogens (tertiary/aromatic N) is 4. The maximum absolute atomic E-state index is 12.7. The second-order valence-corrected chi connectivity index (χ2v) is 6.51. The molecule has 2 aromatic carbocycles. The van der Waals surface area contributed by atoms with Crippen molar-refractivity contribution in [1.29, 1.82) is 0 Å². The molecule has 0 spiro atoms. The number of rotatable bonds is 6. The molecular weight excluding hydrogens is 386 g/mol. The molecule has 2 aromatic heterocycles. The molecule has 2 heterocycles. The number of carbonyl (C=O) groups excluding carboxylic acids is 1. The summed E-state index contributed by atoms with van der Waals surface area (Å²) in [6, 6.07) is 14.4. The Morgan fingerprint density at radius 2 is 1.93 bits per heavy atom. The van der Waals surface area contributed by atoms with Crippen LogP contribution in [0.2, 0.25) is 0 Å². The van der Waals surface area contributed by atoms with Crippen LogP contribution in [0.1, 0.15) is 5.56 Å². The molecule has 0 fully saturated rings. The van der Waals surface area contributed by atoms with Crippen molar-refractivity contribution in [3.63, 3.8) is 0 Å². The number of carbonyl (C=O) groups is 1. The molecule has 0 aliphatic carbocycles. The molecule has 30 heavy (non-hydrogen) atoms.